The van der Waals surface area contributed by atoms with Gasteiger partial charge in [0.05, 0.1) is 5.56 Å². The van der Waals surface area contributed by atoms with Crippen LogP contribution >= 0.6 is 11.3 Å². The molecule has 134 valence electrons. The Kier molecular flexibility index (Phi) is 4.65. The van der Waals surface area contributed by atoms with E-state index in [9.17, 15) is 4.79 Å². The summed E-state index contributed by atoms with van der Waals surface area (Å²) in [6.45, 7) is 6.92. The predicted molar refractivity (Wildman–Crippen MR) is 101 cm³/mol. The summed E-state index contributed by atoms with van der Waals surface area (Å²) in [6.07, 6.45) is 6.70. The Morgan fingerprint density at radius 2 is 2.04 bits per heavy atom. The van der Waals surface area contributed by atoms with Crippen molar-refractivity contribution in [3.05, 3.63) is 34.6 Å². The van der Waals surface area contributed by atoms with E-state index < -0.39 is 0 Å². The highest BCUT2D eigenvalue weighted by molar-refractivity contribution is 7.12. The van der Waals surface area contributed by atoms with Gasteiger partial charge in [0.1, 0.15) is 0 Å². The van der Waals surface area contributed by atoms with Crippen molar-refractivity contribution in [2.45, 2.75) is 45.6 Å². The third-order valence-corrected chi connectivity index (χ3v) is 6.20. The van der Waals surface area contributed by atoms with Crippen LogP contribution in [0, 0.1) is 19.8 Å². The van der Waals surface area contributed by atoms with E-state index >= 15 is 0 Å². The van der Waals surface area contributed by atoms with Crippen molar-refractivity contribution in [2.75, 3.05) is 19.6 Å². The third-order valence-electron chi connectivity index (χ3n) is 5.45. The summed E-state index contributed by atoms with van der Waals surface area (Å²) in [6, 6.07) is 2.59. The average molecular weight is 359 g/mol. The highest BCUT2D eigenvalue weighted by Gasteiger charge is 2.28. The highest BCUT2D eigenvalue weighted by atomic mass is 32.1. The number of carbonyl (C=O) groups is 1. The summed E-state index contributed by atoms with van der Waals surface area (Å²) >= 11 is 1.60. The van der Waals surface area contributed by atoms with E-state index in [4.69, 9.17) is 0 Å². The van der Waals surface area contributed by atoms with Crippen LogP contribution in [0.1, 0.15) is 47.4 Å². The Hall–Kier alpha value is -1.66. The molecule has 3 heterocycles. The fraction of sp³-hybridized carbons (Fsp3) is 0.579. The Morgan fingerprint density at radius 1 is 1.28 bits per heavy atom. The van der Waals surface area contributed by atoms with E-state index in [0.29, 0.717) is 6.04 Å². The van der Waals surface area contributed by atoms with E-state index in [1.807, 2.05) is 30.2 Å². The largest absolute Gasteiger partial charge is 0.338 e. The first kappa shape index (κ1) is 16.8. The van der Waals surface area contributed by atoms with Crippen molar-refractivity contribution >= 4 is 17.2 Å². The van der Waals surface area contributed by atoms with Crippen LogP contribution in [0.5, 0.6) is 0 Å². The number of hydrogen-bond donors (Lipinski definition) is 1. The normalized spacial score (nSPS) is 18.7. The summed E-state index contributed by atoms with van der Waals surface area (Å²) < 4.78 is 2.09. The molecule has 0 unspecified atom stereocenters. The van der Waals surface area contributed by atoms with E-state index in [0.717, 1.165) is 60.5 Å². The number of carbonyl (C=O) groups excluding carboxylic acids is 1. The lowest BCUT2D eigenvalue weighted by molar-refractivity contribution is 0.0704. The molecule has 0 atom stereocenters. The monoisotopic (exact) mass is 358 g/mol. The van der Waals surface area contributed by atoms with Crippen molar-refractivity contribution in [2.24, 2.45) is 5.92 Å². The van der Waals surface area contributed by atoms with Gasteiger partial charge in [-0.05, 0) is 58.1 Å². The zero-order valence-electron chi connectivity index (χ0n) is 15.0. The lowest BCUT2D eigenvalue weighted by Gasteiger charge is -2.32. The molecule has 0 bridgehead atoms. The quantitative estimate of drug-likeness (QED) is 0.893. The fourth-order valence-corrected chi connectivity index (χ4v) is 4.46. The molecule has 2 aromatic rings. The van der Waals surface area contributed by atoms with Gasteiger partial charge in [0.15, 0.2) is 5.13 Å². The predicted octanol–water partition coefficient (Wildman–Crippen LogP) is 3.15. The Labute approximate surface area is 153 Å². The standard InChI is InChI=1S/C19H26N4OS/c1-13-11-17(14(2)23(13)19-20-7-10-25-19)18(24)22-8-5-16(6-9-22)21-12-15-3-4-15/h7,10-11,15-16,21H,3-6,8-9,12H2,1-2H3. The SMILES string of the molecule is Cc1cc(C(=O)N2CCC(NCC3CC3)CC2)c(C)n1-c1nccs1. The number of likely N-dealkylation sites (tertiary alicyclic amines) is 1. The van der Waals surface area contributed by atoms with Crippen molar-refractivity contribution in [1.82, 2.24) is 19.8 Å². The molecule has 25 heavy (non-hydrogen) atoms. The van der Waals surface area contributed by atoms with Crippen molar-refractivity contribution in [1.29, 1.82) is 0 Å². The van der Waals surface area contributed by atoms with Crippen molar-refractivity contribution in [3.8, 4) is 5.13 Å². The summed E-state index contributed by atoms with van der Waals surface area (Å²) in [5, 5.41) is 6.57. The number of nitrogens with zero attached hydrogens (tertiary/aromatic N) is 3. The lowest BCUT2D eigenvalue weighted by atomic mass is 10.0. The van der Waals surface area contributed by atoms with Crippen LogP contribution in [0.4, 0.5) is 0 Å². The van der Waals surface area contributed by atoms with E-state index in [1.54, 1.807) is 17.5 Å². The molecule has 1 aliphatic heterocycles. The summed E-state index contributed by atoms with van der Waals surface area (Å²) in [4.78, 5) is 19.4. The van der Waals surface area contributed by atoms with Gasteiger partial charge in [-0.1, -0.05) is 0 Å². The molecule has 0 aromatic carbocycles. The molecule has 1 amide bonds. The summed E-state index contributed by atoms with van der Waals surface area (Å²) in [5.41, 5.74) is 2.88. The van der Waals surface area contributed by atoms with Gasteiger partial charge in [-0.25, -0.2) is 4.98 Å². The van der Waals surface area contributed by atoms with Crippen LogP contribution in [0.15, 0.2) is 17.6 Å². The van der Waals surface area contributed by atoms with Gasteiger partial charge < -0.3 is 10.2 Å². The van der Waals surface area contributed by atoms with Crippen LogP contribution in [-0.4, -0.2) is 46.0 Å². The number of thiazole rings is 1. The summed E-state index contributed by atoms with van der Waals surface area (Å²) in [7, 11) is 0. The van der Waals surface area contributed by atoms with Crippen LogP contribution in [0.3, 0.4) is 0 Å². The van der Waals surface area contributed by atoms with Crippen LogP contribution in [0.2, 0.25) is 0 Å². The molecule has 4 rings (SSSR count). The topological polar surface area (TPSA) is 50.2 Å². The maximum absolute atomic E-state index is 13.0. The molecule has 2 fully saturated rings. The first-order chi connectivity index (χ1) is 12.1. The van der Waals surface area contributed by atoms with Gasteiger partial charge in [-0.2, -0.15) is 0 Å². The maximum Gasteiger partial charge on any atom is 0.255 e. The fourth-order valence-electron chi connectivity index (χ4n) is 3.71. The van der Waals surface area contributed by atoms with Gasteiger partial charge in [0.25, 0.3) is 5.91 Å². The first-order valence-corrected chi connectivity index (χ1v) is 10.1. The van der Waals surface area contributed by atoms with Crippen molar-refractivity contribution in [3.63, 3.8) is 0 Å². The van der Waals surface area contributed by atoms with E-state index in [-0.39, 0.29) is 5.91 Å². The molecule has 0 radical (unpaired) electrons. The van der Waals surface area contributed by atoms with Gasteiger partial charge in [0, 0.05) is 42.1 Å². The Bertz CT molecular complexity index is 740. The third kappa shape index (κ3) is 3.51. The second-order valence-electron chi connectivity index (χ2n) is 7.35. The second-order valence-corrected chi connectivity index (χ2v) is 8.23. The average Bonchev–Trinajstić information content (AvgIpc) is 3.21. The minimum absolute atomic E-state index is 0.163. The number of rotatable bonds is 5. The van der Waals surface area contributed by atoms with Gasteiger partial charge >= 0.3 is 0 Å². The first-order valence-electron chi connectivity index (χ1n) is 9.25. The number of nitrogens with one attached hydrogen (secondary N) is 1. The van der Waals surface area contributed by atoms with Gasteiger partial charge in [0.2, 0.25) is 0 Å². The minimum atomic E-state index is 0.163. The molecule has 1 aliphatic carbocycles. The summed E-state index contributed by atoms with van der Waals surface area (Å²) in [5.74, 6) is 1.08. The minimum Gasteiger partial charge on any atom is -0.338 e. The Morgan fingerprint density at radius 3 is 2.68 bits per heavy atom. The van der Waals surface area contributed by atoms with E-state index in [1.165, 1.54) is 12.8 Å². The molecule has 5 nitrogen and oxygen atoms in total. The second kappa shape index (κ2) is 6.92. The van der Waals surface area contributed by atoms with E-state index in [2.05, 4.69) is 14.9 Å². The number of amides is 1. The zero-order chi connectivity index (χ0) is 17.4. The molecule has 6 heteroatoms. The molecular weight excluding hydrogens is 332 g/mol. The maximum atomic E-state index is 13.0. The number of piperidine rings is 1. The van der Waals surface area contributed by atoms with Crippen LogP contribution in [-0.2, 0) is 0 Å². The van der Waals surface area contributed by atoms with Crippen LogP contribution in [0.25, 0.3) is 5.13 Å². The molecular formula is C19H26N4OS. The lowest BCUT2D eigenvalue weighted by Crippen LogP contribution is -2.45. The molecule has 2 aromatic heterocycles. The van der Waals surface area contributed by atoms with Crippen LogP contribution < -0.4 is 5.32 Å². The van der Waals surface area contributed by atoms with Gasteiger partial charge in [-0.3, -0.25) is 9.36 Å². The number of hydrogen-bond acceptors (Lipinski definition) is 4. The number of aryl methyl sites for hydroxylation is 1. The molecule has 1 saturated carbocycles. The Balaban J connectivity index is 1.42. The van der Waals surface area contributed by atoms with Crippen molar-refractivity contribution < 1.29 is 4.79 Å². The van der Waals surface area contributed by atoms with Gasteiger partial charge in [-0.15, -0.1) is 11.3 Å². The smallest absolute Gasteiger partial charge is 0.255 e. The number of aromatic nitrogens is 2. The molecule has 1 saturated heterocycles. The highest BCUT2D eigenvalue weighted by Crippen LogP contribution is 2.28. The zero-order valence-corrected chi connectivity index (χ0v) is 15.8. The molecule has 2 aliphatic rings. The molecule has 1 N–H and O–H groups in total. The molecule has 0 spiro atoms.